The molecule has 1 fully saturated rings. The van der Waals surface area contributed by atoms with E-state index in [4.69, 9.17) is 14.2 Å². The fraction of sp³-hybridized carbons (Fsp3) is 0.312. The third-order valence-corrected chi connectivity index (χ3v) is 3.69. The van der Waals surface area contributed by atoms with E-state index in [9.17, 15) is 9.59 Å². The zero-order valence-electron chi connectivity index (χ0n) is 13.2. The number of anilines is 1. The van der Waals surface area contributed by atoms with Gasteiger partial charge in [-0.2, -0.15) is 0 Å². The number of carbonyl (C=O) groups excluding carboxylic acids is 2. The van der Waals surface area contributed by atoms with E-state index in [1.807, 2.05) is 11.9 Å². The third kappa shape index (κ3) is 3.09. The van der Waals surface area contributed by atoms with Crippen LogP contribution in [0.4, 0.5) is 5.69 Å². The fourth-order valence-electron chi connectivity index (χ4n) is 2.70. The molecule has 8 nitrogen and oxygen atoms in total. The minimum absolute atomic E-state index is 0.207. The van der Waals surface area contributed by atoms with Crippen LogP contribution in [0.15, 0.2) is 43.5 Å². The summed E-state index contributed by atoms with van der Waals surface area (Å²) in [6.45, 7) is 4.87. The first-order valence-electron chi connectivity index (χ1n) is 7.35. The lowest BCUT2D eigenvalue weighted by molar-refractivity contribution is -0.230. The van der Waals surface area contributed by atoms with Crippen molar-refractivity contribution in [3.05, 3.63) is 43.5 Å². The van der Waals surface area contributed by atoms with E-state index in [-0.39, 0.29) is 6.54 Å². The summed E-state index contributed by atoms with van der Waals surface area (Å²) in [5, 5.41) is 0. The second-order valence-corrected chi connectivity index (χ2v) is 5.44. The van der Waals surface area contributed by atoms with E-state index in [0.29, 0.717) is 24.5 Å². The van der Waals surface area contributed by atoms with E-state index in [0.717, 1.165) is 12.2 Å². The third-order valence-electron chi connectivity index (χ3n) is 3.69. The van der Waals surface area contributed by atoms with Crippen molar-refractivity contribution in [2.45, 2.75) is 5.91 Å². The molecule has 1 spiro atoms. The van der Waals surface area contributed by atoms with Gasteiger partial charge in [0.25, 0.3) is 0 Å². The molecule has 1 aromatic heterocycles. The average Bonchev–Trinajstić information content (AvgIpc) is 2.66. The van der Waals surface area contributed by atoms with Crippen molar-refractivity contribution in [3.8, 4) is 5.75 Å². The van der Waals surface area contributed by atoms with E-state index >= 15 is 0 Å². The predicted molar refractivity (Wildman–Crippen MR) is 84.0 cm³/mol. The van der Waals surface area contributed by atoms with Crippen LogP contribution in [0.5, 0.6) is 5.75 Å². The van der Waals surface area contributed by atoms with E-state index in [2.05, 4.69) is 11.6 Å². The number of esters is 2. The van der Waals surface area contributed by atoms with Gasteiger partial charge in [-0.25, -0.2) is 9.59 Å². The van der Waals surface area contributed by atoms with Crippen LogP contribution in [0.3, 0.4) is 0 Å². The van der Waals surface area contributed by atoms with Crippen LogP contribution in [-0.2, 0) is 19.1 Å². The van der Waals surface area contributed by atoms with E-state index in [1.54, 1.807) is 17.2 Å². The van der Waals surface area contributed by atoms with Gasteiger partial charge >= 0.3 is 17.8 Å². The van der Waals surface area contributed by atoms with E-state index in [1.165, 1.54) is 12.5 Å². The largest absolute Gasteiger partial charge is 0.464 e. The highest BCUT2D eigenvalue weighted by Crippen LogP contribution is 2.33. The molecule has 126 valence electrons. The quantitative estimate of drug-likeness (QED) is 0.590. The van der Waals surface area contributed by atoms with Crippen LogP contribution in [0, 0.1) is 0 Å². The van der Waals surface area contributed by atoms with Gasteiger partial charge in [-0.3, -0.25) is 14.8 Å². The molecule has 1 aromatic rings. The molecular formula is C16H17N3O5. The molecule has 0 saturated carbocycles. The Bertz CT molecular complexity index is 683. The molecule has 0 unspecified atom stereocenters. The first-order valence-corrected chi connectivity index (χ1v) is 7.35. The van der Waals surface area contributed by atoms with E-state index < -0.39 is 17.8 Å². The number of piperazine rings is 1. The summed E-state index contributed by atoms with van der Waals surface area (Å²) < 4.78 is 16.2. The van der Waals surface area contributed by atoms with Gasteiger partial charge in [0.05, 0.1) is 30.9 Å². The van der Waals surface area contributed by atoms with Crippen molar-refractivity contribution >= 4 is 17.6 Å². The number of hydrogen-bond donors (Lipinski definition) is 0. The lowest BCUT2D eigenvalue weighted by Crippen LogP contribution is -2.65. The maximum absolute atomic E-state index is 11.9. The number of rotatable bonds is 3. The molecule has 3 rings (SSSR count). The Hall–Kier alpha value is -2.87. The summed E-state index contributed by atoms with van der Waals surface area (Å²) in [4.78, 5) is 31.6. The summed E-state index contributed by atoms with van der Waals surface area (Å²) >= 11 is 0. The van der Waals surface area contributed by atoms with Crippen LogP contribution in [0.2, 0.25) is 0 Å². The lowest BCUT2D eigenvalue weighted by Gasteiger charge is -2.47. The van der Waals surface area contributed by atoms with Crippen molar-refractivity contribution in [2.75, 3.05) is 31.6 Å². The Balaban J connectivity index is 2.00. The molecule has 0 bridgehead atoms. The first-order chi connectivity index (χ1) is 11.5. The molecule has 8 heteroatoms. The minimum Gasteiger partial charge on any atom is -0.464 e. The molecule has 0 atom stereocenters. The number of ether oxygens (including phenoxy) is 3. The Morgan fingerprint density at radius 3 is 2.62 bits per heavy atom. The zero-order valence-corrected chi connectivity index (χ0v) is 13.2. The Morgan fingerprint density at radius 1 is 1.25 bits per heavy atom. The van der Waals surface area contributed by atoms with Gasteiger partial charge < -0.3 is 14.2 Å². The van der Waals surface area contributed by atoms with Crippen molar-refractivity contribution < 1.29 is 23.8 Å². The molecule has 1 saturated heterocycles. The number of pyridine rings is 1. The lowest BCUT2D eigenvalue weighted by atomic mass is 10.2. The molecule has 2 aliphatic heterocycles. The molecule has 3 heterocycles. The Labute approximate surface area is 138 Å². The number of carbonyl (C=O) groups is 2. The van der Waals surface area contributed by atoms with Crippen molar-refractivity contribution in [1.82, 2.24) is 9.88 Å². The molecule has 0 aromatic carbocycles. The van der Waals surface area contributed by atoms with Gasteiger partial charge in [0, 0.05) is 31.3 Å². The highest BCUT2D eigenvalue weighted by atomic mass is 16.8. The second kappa shape index (κ2) is 6.32. The summed E-state index contributed by atoms with van der Waals surface area (Å²) in [6, 6.07) is 1.71. The molecule has 0 radical (unpaired) electrons. The van der Waals surface area contributed by atoms with Crippen molar-refractivity contribution in [1.29, 1.82) is 0 Å². The van der Waals surface area contributed by atoms with Crippen LogP contribution in [0.25, 0.3) is 0 Å². The topological polar surface area (TPSA) is 81.2 Å². The van der Waals surface area contributed by atoms with Gasteiger partial charge in [-0.15, -0.1) is 0 Å². The Morgan fingerprint density at radius 2 is 1.96 bits per heavy atom. The second-order valence-electron chi connectivity index (χ2n) is 5.44. The van der Waals surface area contributed by atoms with Gasteiger partial charge in [0.2, 0.25) is 0 Å². The molecular weight excluding hydrogens is 314 g/mol. The number of likely N-dealkylation sites (N-methyl/N-ethyl adjacent to an activating group) is 1. The molecule has 2 aliphatic rings. The van der Waals surface area contributed by atoms with Gasteiger partial charge in [-0.1, -0.05) is 6.58 Å². The van der Waals surface area contributed by atoms with Crippen molar-refractivity contribution in [2.24, 2.45) is 0 Å². The summed E-state index contributed by atoms with van der Waals surface area (Å²) in [7, 11) is 1.86. The van der Waals surface area contributed by atoms with Gasteiger partial charge in [0.1, 0.15) is 5.75 Å². The Kier molecular flexibility index (Phi) is 4.22. The van der Waals surface area contributed by atoms with Crippen LogP contribution < -0.4 is 9.64 Å². The van der Waals surface area contributed by atoms with Crippen LogP contribution in [0.1, 0.15) is 0 Å². The van der Waals surface area contributed by atoms with Gasteiger partial charge in [-0.05, 0) is 7.05 Å². The SMILES string of the molecule is C=COc1cncc(N2CCN(C)CC23OC(=O)C=CC(=O)O3)c1. The zero-order chi connectivity index (χ0) is 17.2. The van der Waals surface area contributed by atoms with Crippen LogP contribution >= 0.6 is 0 Å². The standard InChI is InChI=1S/C16H17N3O5/c1-3-22-13-8-12(9-17-10-13)19-7-6-18(2)11-16(19)23-14(20)4-5-15(21)24-16/h3-5,8-10H,1,6-7,11H2,2H3. The monoisotopic (exact) mass is 331 g/mol. The molecule has 0 amide bonds. The number of hydrogen-bond acceptors (Lipinski definition) is 8. The van der Waals surface area contributed by atoms with Gasteiger partial charge in [0.15, 0.2) is 0 Å². The first kappa shape index (κ1) is 16.0. The number of aromatic nitrogens is 1. The smallest absolute Gasteiger partial charge is 0.356 e. The predicted octanol–water partition coefficient (Wildman–Crippen LogP) is 0.666. The number of nitrogens with zero attached hydrogens (tertiary/aromatic N) is 3. The maximum atomic E-state index is 11.9. The summed E-state index contributed by atoms with van der Waals surface area (Å²) in [6.07, 6.45) is 6.51. The highest BCUT2D eigenvalue weighted by Gasteiger charge is 2.49. The minimum atomic E-state index is -1.56. The molecule has 0 N–H and O–H groups in total. The highest BCUT2D eigenvalue weighted by molar-refractivity contribution is 5.93. The average molecular weight is 331 g/mol. The normalized spacial score (nSPS) is 20.3. The summed E-state index contributed by atoms with van der Waals surface area (Å²) in [5.41, 5.74) is 0.602. The van der Waals surface area contributed by atoms with Crippen LogP contribution in [-0.4, -0.2) is 54.4 Å². The molecule has 0 aliphatic carbocycles. The maximum Gasteiger partial charge on any atom is 0.356 e. The fourth-order valence-corrected chi connectivity index (χ4v) is 2.70. The van der Waals surface area contributed by atoms with Crippen molar-refractivity contribution in [3.63, 3.8) is 0 Å². The summed E-state index contributed by atoms with van der Waals surface area (Å²) in [5.74, 6) is -2.37. The molecule has 24 heavy (non-hydrogen) atoms.